The van der Waals surface area contributed by atoms with E-state index in [1.165, 1.54) is 5.56 Å². The standard InChI is InChI=1S/C14H13BO/c15-13-6-4-5-12(11-13)9-10-16-14-7-2-1-3-8-14/h1-8,11H,9-10H2. The van der Waals surface area contributed by atoms with E-state index in [1.807, 2.05) is 48.5 Å². The molecule has 0 atom stereocenters. The maximum atomic E-state index is 5.70. The van der Waals surface area contributed by atoms with Crippen LogP contribution in [-0.4, -0.2) is 14.5 Å². The van der Waals surface area contributed by atoms with E-state index < -0.39 is 0 Å². The Morgan fingerprint density at radius 2 is 1.75 bits per heavy atom. The molecule has 0 spiro atoms. The maximum Gasteiger partial charge on any atom is 0.119 e. The van der Waals surface area contributed by atoms with E-state index in [0.29, 0.717) is 6.61 Å². The number of benzene rings is 2. The van der Waals surface area contributed by atoms with E-state index in [-0.39, 0.29) is 0 Å². The Labute approximate surface area is 97.5 Å². The van der Waals surface area contributed by atoms with Crippen molar-refractivity contribution < 1.29 is 4.74 Å². The van der Waals surface area contributed by atoms with Gasteiger partial charge in [0.15, 0.2) is 0 Å². The molecule has 2 aromatic carbocycles. The number of hydrogen-bond acceptors (Lipinski definition) is 1. The minimum Gasteiger partial charge on any atom is -0.493 e. The smallest absolute Gasteiger partial charge is 0.119 e. The van der Waals surface area contributed by atoms with E-state index in [9.17, 15) is 0 Å². The molecule has 0 amide bonds. The third-order valence-electron chi connectivity index (χ3n) is 2.35. The molecule has 16 heavy (non-hydrogen) atoms. The Morgan fingerprint density at radius 3 is 2.50 bits per heavy atom. The molecular formula is C14H13BO. The Morgan fingerprint density at radius 1 is 0.938 bits per heavy atom. The molecule has 0 aliphatic rings. The largest absolute Gasteiger partial charge is 0.493 e. The lowest BCUT2D eigenvalue weighted by Crippen LogP contribution is -2.06. The fourth-order valence-corrected chi connectivity index (χ4v) is 1.55. The molecule has 0 aliphatic heterocycles. The molecule has 0 saturated heterocycles. The minimum atomic E-state index is 0.674. The highest BCUT2D eigenvalue weighted by atomic mass is 16.5. The molecule has 2 rings (SSSR count). The monoisotopic (exact) mass is 208 g/mol. The second-order valence-electron chi connectivity index (χ2n) is 3.66. The molecule has 1 nitrogen and oxygen atoms in total. The van der Waals surface area contributed by atoms with Gasteiger partial charge in [-0.25, -0.2) is 0 Å². The van der Waals surface area contributed by atoms with Crippen molar-refractivity contribution in [3.05, 3.63) is 60.2 Å². The van der Waals surface area contributed by atoms with Crippen LogP contribution < -0.4 is 10.2 Å². The highest BCUT2D eigenvalue weighted by molar-refractivity contribution is 6.32. The first-order valence-electron chi connectivity index (χ1n) is 5.37. The first kappa shape index (κ1) is 10.8. The van der Waals surface area contributed by atoms with Gasteiger partial charge in [-0.05, 0) is 17.7 Å². The minimum absolute atomic E-state index is 0.674. The zero-order chi connectivity index (χ0) is 11.2. The summed E-state index contributed by atoms with van der Waals surface area (Å²) >= 11 is 0. The van der Waals surface area contributed by atoms with Gasteiger partial charge in [0, 0.05) is 6.42 Å². The summed E-state index contributed by atoms with van der Waals surface area (Å²) < 4.78 is 5.61. The fourth-order valence-electron chi connectivity index (χ4n) is 1.55. The van der Waals surface area contributed by atoms with Crippen LogP contribution in [0.5, 0.6) is 5.75 Å². The van der Waals surface area contributed by atoms with E-state index in [4.69, 9.17) is 12.6 Å². The van der Waals surface area contributed by atoms with Gasteiger partial charge < -0.3 is 4.74 Å². The highest BCUT2D eigenvalue weighted by Gasteiger charge is 1.95. The van der Waals surface area contributed by atoms with Gasteiger partial charge in [0.05, 0.1) is 6.61 Å². The summed E-state index contributed by atoms with van der Waals surface area (Å²) in [6.45, 7) is 0.674. The number of ether oxygens (including phenoxy) is 1. The molecule has 0 unspecified atom stereocenters. The van der Waals surface area contributed by atoms with Crippen molar-refractivity contribution in [2.45, 2.75) is 6.42 Å². The predicted molar refractivity (Wildman–Crippen MR) is 67.5 cm³/mol. The summed E-state index contributed by atoms with van der Waals surface area (Å²) in [5.74, 6) is 0.909. The van der Waals surface area contributed by atoms with Crippen molar-refractivity contribution in [2.75, 3.05) is 6.61 Å². The lowest BCUT2D eigenvalue weighted by molar-refractivity contribution is 0.322. The predicted octanol–water partition coefficient (Wildman–Crippen LogP) is 2.10. The maximum absolute atomic E-state index is 5.70. The van der Waals surface area contributed by atoms with Gasteiger partial charge in [0.2, 0.25) is 0 Å². The summed E-state index contributed by atoms with van der Waals surface area (Å²) in [4.78, 5) is 0. The van der Waals surface area contributed by atoms with Crippen LogP contribution in [-0.2, 0) is 6.42 Å². The van der Waals surface area contributed by atoms with Crippen molar-refractivity contribution in [3.8, 4) is 5.75 Å². The van der Waals surface area contributed by atoms with Gasteiger partial charge in [-0.3, -0.25) is 0 Å². The van der Waals surface area contributed by atoms with Crippen molar-refractivity contribution in [3.63, 3.8) is 0 Å². The summed E-state index contributed by atoms with van der Waals surface area (Å²) in [6.07, 6.45) is 0.875. The molecule has 0 aliphatic carbocycles. The van der Waals surface area contributed by atoms with Crippen molar-refractivity contribution >= 4 is 13.3 Å². The van der Waals surface area contributed by atoms with Crippen molar-refractivity contribution in [1.29, 1.82) is 0 Å². The zero-order valence-electron chi connectivity index (χ0n) is 9.10. The lowest BCUT2D eigenvalue weighted by atomic mass is 9.94. The molecule has 0 bridgehead atoms. The Hall–Kier alpha value is -1.70. The molecule has 2 radical (unpaired) electrons. The summed E-state index contributed by atoms with van der Waals surface area (Å²) in [7, 11) is 5.70. The van der Waals surface area contributed by atoms with Gasteiger partial charge in [-0.15, -0.1) is 0 Å². The van der Waals surface area contributed by atoms with E-state index >= 15 is 0 Å². The van der Waals surface area contributed by atoms with Crippen LogP contribution in [0.25, 0.3) is 0 Å². The first-order chi connectivity index (χ1) is 7.84. The molecular weight excluding hydrogens is 195 g/mol. The van der Waals surface area contributed by atoms with Gasteiger partial charge >= 0.3 is 0 Å². The number of hydrogen-bond donors (Lipinski definition) is 0. The highest BCUT2D eigenvalue weighted by Crippen LogP contribution is 2.08. The van der Waals surface area contributed by atoms with Gasteiger partial charge in [0.25, 0.3) is 0 Å². The van der Waals surface area contributed by atoms with Crippen molar-refractivity contribution in [2.24, 2.45) is 0 Å². The molecule has 0 fully saturated rings. The van der Waals surface area contributed by atoms with Gasteiger partial charge in [0.1, 0.15) is 13.6 Å². The molecule has 2 aromatic rings. The zero-order valence-corrected chi connectivity index (χ0v) is 9.10. The second-order valence-corrected chi connectivity index (χ2v) is 3.66. The number of para-hydroxylation sites is 1. The average Bonchev–Trinajstić information content (AvgIpc) is 2.30. The third-order valence-corrected chi connectivity index (χ3v) is 2.35. The quantitative estimate of drug-likeness (QED) is 0.699. The van der Waals surface area contributed by atoms with Crippen LogP contribution in [0.1, 0.15) is 5.56 Å². The first-order valence-corrected chi connectivity index (χ1v) is 5.37. The topological polar surface area (TPSA) is 9.23 Å². The molecule has 78 valence electrons. The average molecular weight is 208 g/mol. The van der Waals surface area contributed by atoms with Crippen LogP contribution >= 0.6 is 0 Å². The van der Waals surface area contributed by atoms with Crippen molar-refractivity contribution in [1.82, 2.24) is 0 Å². The lowest BCUT2D eigenvalue weighted by Gasteiger charge is -2.06. The Kier molecular flexibility index (Phi) is 3.65. The van der Waals surface area contributed by atoms with Crippen LogP contribution in [0.15, 0.2) is 54.6 Å². The van der Waals surface area contributed by atoms with Crippen LogP contribution in [0.3, 0.4) is 0 Å². The van der Waals surface area contributed by atoms with Crippen LogP contribution in [0, 0.1) is 0 Å². The Balaban J connectivity index is 1.85. The van der Waals surface area contributed by atoms with E-state index in [0.717, 1.165) is 17.6 Å². The summed E-state index contributed by atoms with van der Waals surface area (Å²) in [5, 5.41) is 0. The van der Waals surface area contributed by atoms with E-state index in [2.05, 4.69) is 6.07 Å². The van der Waals surface area contributed by atoms with Gasteiger partial charge in [-0.1, -0.05) is 47.9 Å². The molecule has 0 aromatic heterocycles. The fraction of sp³-hybridized carbons (Fsp3) is 0.143. The summed E-state index contributed by atoms with van der Waals surface area (Å²) in [6, 6.07) is 17.7. The molecule has 0 saturated carbocycles. The van der Waals surface area contributed by atoms with Crippen LogP contribution in [0.4, 0.5) is 0 Å². The Bertz CT molecular complexity index is 439. The normalized spacial score (nSPS) is 10.0. The SMILES string of the molecule is [B]c1cccc(CCOc2ccccc2)c1. The summed E-state index contributed by atoms with van der Waals surface area (Å²) in [5.41, 5.74) is 2.01. The third kappa shape index (κ3) is 3.16. The second kappa shape index (κ2) is 5.41. The van der Waals surface area contributed by atoms with E-state index in [1.54, 1.807) is 0 Å². The van der Waals surface area contributed by atoms with Gasteiger partial charge in [-0.2, -0.15) is 0 Å². The number of rotatable bonds is 4. The molecule has 2 heteroatoms. The molecule has 0 N–H and O–H groups in total. The molecule has 0 heterocycles. The van der Waals surface area contributed by atoms with Crippen LogP contribution in [0.2, 0.25) is 0 Å².